The van der Waals surface area contributed by atoms with Crippen LogP contribution in [0.15, 0.2) is 5.22 Å². The van der Waals surface area contributed by atoms with E-state index in [0.717, 1.165) is 49.0 Å². The number of amides is 2. The fourth-order valence-corrected chi connectivity index (χ4v) is 5.14. The molecular formula is C19H28N6O2S2. The summed E-state index contributed by atoms with van der Waals surface area (Å²) in [4.78, 5) is 26.5. The molecule has 0 bridgehead atoms. The molecule has 1 atom stereocenters. The van der Waals surface area contributed by atoms with Crippen LogP contribution in [0.2, 0.25) is 0 Å². The molecule has 2 aliphatic carbocycles. The van der Waals surface area contributed by atoms with E-state index in [1.807, 2.05) is 0 Å². The first-order valence-corrected chi connectivity index (χ1v) is 12.1. The van der Waals surface area contributed by atoms with Crippen molar-refractivity contribution in [1.82, 2.24) is 10.3 Å². The number of thioether (sulfide) groups is 1. The number of carbonyl (C=O) groups is 2. The van der Waals surface area contributed by atoms with Crippen LogP contribution >= 0.6 is 23.1 Å². The molecule has 1 fully saturated rings. The lowest BCUT2D eigenvalue weighted by atomic mass is 9.91. The van der Waals surface area contributed by atoms with Gasteiger partial charge in [-0.25, -0.2) is 5.01 Å². The summed E-state index contributed by atoms with van der Waals surface area (Å²) in [6.07, 6.45) is 7.54. The van der Waals surface area contributed by atoms with E-state index in [4.69, 9.17) is 10.9 Å². The average molecular weight is 437 g/mol. The van der Waals surface area contributed by atoms with Crippen molar-refractivity contribution in [3.63, 3.8) is 0 Å². The predicted molar refractivity (Wildman–Crippen MR) is 117 cm³/mol. The number of thiophene rings is 1. The number of fused-ring (bicyclic) bond motifs is 1. The average Bonchev–Trinajstić information content (AvgIpc) is 3.50. The summed E-state index contributed by atoms with van der Waals surface area (Å²) in [7, 11) is 0. The van der Waals surface area contributed by atoms with Crippen molar-refractivity contribution in [1.29, 1.82) is 10.9 Å². The highest BCUT2D eigenvalue weighted by molar-refractivity contribution is 8.13. The molecule has 0 radical (unpaired) electrons. The Bertz CT molecular complexity index is 805. The monoisotopic (exact) mass is 436 g/mol. The molecule has 0 aromatic carbocycles. The molecule has 2 amide bonds. The molecule has 0 spiro atoms. The Morgan fingerprint density at radius 2 is 2.10 bits per heavy atom. The molecule has 0 aliphatic heterocycles. The molecule has 1 heterocycles. The minimum Gasteiger partial charge on any atom is -0.352 e. The number of nitrogens with one attached hydrogen (secondary N) is 4. The maximum atomic E-state index is 13.0. The van der Waals surface area contributed by atoms with Crippen molar-refractivity contribution in [2.45, 2.75) is 57.9 Å². The van der Waals surface area contributed by atoms with Crippen LogP contribution in [0.25, 0.3) is 0 Å². The summed E-state index contributed by atoms with van der Waals surface area (Å²) in [5.41, 5.74) is 8.96. The Morgan fingerprint density at radius 1 is 1.34 bits per heavy atom. The molecule has 1 aromatic heterocycles. The highest BCUT2D eigenvalue weighted by Crippen LogP contribution is 2.40. The van der Waals surface area contributed by atoms with Gasteiger partial charge in [-0.15, -0.1) is 11.3 Å². The van der Waals surface area contributed by atoms with Crippen LogP contribution in [-0.2, 0) is 17.6 Å². The van der Waals surface area contributed by atoms with Crippen molar-refractivity contribution in [3.8, 4) is 0 Å². The topological polar surface area (TPSA) is 122 Å². The third kappa shape index (κ3) is 4.98. The van der Waals surface area contributed by atoms with Crippen LogP contribution in [0, 0.1) is 16.9 Å². The second-order valence-electron chi connectivity index (χ2n) is 7.43. The zero-order chi connectivity index (χ0) is 21.0. The van der Waals surface area contributed by atoms with Crippen LogP contribution < -0.4 is 10.6 Å². The van der Waals surface area contributed by atoms with Crippen molar-refractivity contribution in [2.75, 3.05) is 18.1 Å². The number of nitrogens with zero attached hydrogens (tertiary/aromatic N) is 2. The van der Waals surface area contributed by atoms with Gasteiger partial charge in [0.05, 0.1) is 11.6 Å². The standard InChI is InChI=1S/C19H28N6O2S2/c1-3-4-9-22-17(27)15-13-10-12(25(24-21)19(20)28-2)7-8-14(13)29-18(15)23-16(26)11-5-6-11/h11-12,20-21H,3-10H2,1-2H3,(H,22,27)(H,23,26). The van der Waals surface area contributed by atoms with Crippen LogP contribution in [0.1, 0.15) is 59.8 Å². The number of hydrogen-bond donors (Lipinski definition) is 4. The minimum absolute atomic E-state index is 0.00491. The van der Waals surface area contributed by atoms with Gasteiger partial charge in [-0.05, 0) is 50.3 Å². The van der Waals surface area contributed by atoms with Crippen molar-refractivity contribution < 1.29 is 9.59 Å². The first kappa shape index (κ1) is 21.8. The zero-order valence-corrected chi connectivity index (χ0v) is 18.5. The van der Waals surface area contributed by atoms with Gasteiger partial charge in [-0.3, -0.25) is 15.0 Å². The summed E-state index contributed by atoms with van der Waals surface area (Å²) >= 11 is 2.73. The first-order chi connectivity index (χ1) is 14.0. The summed E-state index contributed by atoms with van der Waals surface area (Å²) < 4.78 is 0. The Balaban J connectivity index is 1.88. The number of carbonyl (C=O) groups excluding carboxylic acids is 2. The summed E-state index contributed by atoms with van der Waals surface area (Å²) in [6, 6.07) is -0.135. The molecule has 158 valence electrons. The molecule has 0 saturated heterocycles. The van der Waals surface area contributed by atoms with E-state index >= 15 is 0 Å². The van der Waals surface area contributed by atoms with Crippen molar-refractivity contribution in [3.05, 3.63) is 16.0 Å². The van der Waals surface area contributed by atoms with E-state index in [2.05, 4.69) is 22.8 Å². The Labute approximate surface area is 179 Å². The zero-order valence-electron chi connectivity index (χ0n) is 16.8. The van der Waals surface area contributed by atoms with Gasteiger partial charge in [0.25, 0.3) is 5.91 Å². The van der Waals surface area contributed by atoms with Gasteiger partial charge in [-0.1, -0.05) is 30.3 Å². The van der Waals surface area contributed by atoms with E-state index in [-0.39, 0.29) is 28.9 Å². The fourth-order valence-electron chi connectivity index (χ4n) is 3.52. The van der Waals surface area contributed by atoms with Crippen LogP contribution in [0.4, 0.5) is 5.00 Å². The maximum Gasteiger partial charge on any atom is 0.254 e. The molecule has 1 unspecified atom stereocenters. The number of rotatable bonds is 8. The molecule has 1 saturated carbocycles. The number of unbranched alkanes of at least 4 members (excludes halogenated alkanes) is 1. The Kier molecular flexibility index (Phi) is 7.28. The van der Waals surface area contributed by atoms with E-state index in [1.54, 1.807) is 6.26 Å². The second kappa shape index (κ2) is 9.71. The number of anilines is 1. The normalized spacial score (nSPS) is 17.9. The SMILES string of the molecule is CCCCNC(=O)c1c(NC(=O)C2CC2)sc2c1CC(N(N=N)C(=N)SC)CC2. The first-order valence-electron chi connectivity index (χ1n) is 10.0. The van der Waals surface area contributed by atoms with Crippen LogP contribution in [-0.4, -0.2) is 40.8 Å². The molecule has 29 heavy (non-hydrogen) atoms. The number of amidine groups is 1. The summed E-state index contributed by atoms with van der Waals surface area (Å²) in [6.45, 7) is 2.68. The van der Waals surface area contributed by atoms with Gasteiger partial charge >= 0.3 is 0 Å². The van der Waals surface area contributed by atoms with Gasteiger partial charge in [0.2, 0.25) is 5.91 Å². The lowest BCUT2D eigenvalue weighted by Gasteiger charge is -2.30. The van der Waals surface area contributed by atoms with E-state index in [0.29, 0.717) is 23.5 Å². The largest absolute Gasteiger partial charge is 0.352 e. The Hall–Kier alpha value is -1.94. The van der Waals surface area contributed by atoms with Crippen molar-refractivity contribution >= 4 is 45.1 Å². The predicted octanol–water partition coefficient (Wildman–Crippen LogP) is 4.03. The molecule has 3 rings (SSSR count). The third-order valence-corrected chi connectivity index (χ3v) is 7.10. The van der Waals surface area contributed by atoms with Gasteiger partial charge in [-0.2, -0.15) is 5.53 Å². The third-order valence-electron chi connectivity index (χ3n) is 5.32. The lowest BCUT2D eigenvalue weighted by Crippen LogP contribution is -2.38. The van der Waals surface area contributed by atoms with E-state index in [1.165, 1.54) is 28.1 Å². The van der Waals surface area contributed by atoms with E-state index < -0.39 is 0 Å². The van der Waals surface area contributed by atoms with Crippen LogP contribution in [0.5, 0.6) is 0 Å². The summed E-state index contributed by atoms with van der Waals surface area (Å²) in [5, 5.41) is 19.9. The second-order valence-corrected chi connectivity index (χ2v) is 9.33. The molecule has 8 nitrogen and oxygen atoms in total. The van der Waals surface area contributed by atoms with Crippen LogP contribution in [0.3, 0.4) is 0 Å². The quantitative estimate of drug-likeness (QED) is 0.162. The van der Waals surface area contributed by atoms with Crippen molar-refractivity contribution in [2.24, 2.45) is 11.1 Å². The van der Waals surface area contributed by atoms with Gasteiger partial charge in [0.1, 0.15) is 5.00 Å². The summed E-state index contributed by atoms with van der Waals surface area (Å²) in [5.74, 6) is -0.0933. The van der Waals surface area contributed by atoms with Gasteiger partial charge in [0.15, 0.2) is 5.17 Å². The van der Waals surface area contributed by atoms with Gasteiger partial charge in [0, 0.05) is 17.3 Å². The fraction of sp³-hybridized carbons (Fsp3) is 0.632. The van der Waals surface area contributed by atoms with E-state index in [9.17, 15) is 9.59 Å². The number of hydrogen-bond acceptors (Lipinski definition) is 7. The molecule has 1 aromatic rings. The highest BCUT2D eigenvalue weighted by atomic mass is 32.2. The lowest BCUT2D eigenvalue weighted by molar-refractivity contribution is -0.117. The molecule has 2 aliphatic rings. The molecule has 4 N–H and O–H groups in total. The van der Waals surface area contributed by atoms with Gasteiger partial charge < -0.3 is 10.6 Å². The number of aryl methyl sites for hydroxylation is 1. The molecule has 10 heteroatoms. The highest BCUT2D eigenvalue weighted by Gasteiger charge is 2.35. The minimum atomic E-state index is -0.156. The molecular weight excluding hydrogens is 408 g/mol. The Morgan fingerprint density at radius 3 is 2.72 bits per heavy atom. The maximum absolute atomic E-state index is 13.0. The smallest absolute Gasteiger partial charge is 0.254 e.